The van der Waals surface area contributed by atoms with Crippen LogP contribution in [0.25, 0.3) is 0 Å². The minimum absolute atomic E-state index is 0.136. The molecule has 0 unspecified atom stereocenters. The summed E-state index contributed by atoms with van der Waals surface area (Å²) in [5.41, 5.74) is 7.21. The van der Waals surface area contributed by atoms with E-state index in [-0.39, 0.29) is 18.4 Å². The molecular weight excluding hydrogens is 354 g/mol. The molecule has 148 valence electrons. The molecule has 2 rings (SSSR count). The van der Waals surface area contributed by atoms with Crippen molar-refractivity contribution in [1.29, 1.82) is 0 Å². The Morgan fingerprint density at radius 1 is 0.964 bits per heavy atom. The van der Waals surface area contributed by atoms with Crippen LogP contribution < -0.4 is 16.4 Å². The van der Waals surface area contributed by atoms with Gasteiger partial charge in [0.05, 0.1) is 0 Å². The first kappa shape index (κ1) is 21.2. The van der Waals surface area contributed by atoms with Crippen molar-refractivity contribution in [2.75, 3.05) is 0 Å². The maximum atomic E-state index is 12.8. The van der Waals surface area contributed by atoms with Gasteiger partial charge in [0.2, 0.25) is 17.7 Å². The Bertz CT molecular complexity index is 788. The van der Waals surface area contributed by atoms with Gasteiger partial charge in [0, 0.05) is 18.5 Å². The summed E-state index contributed by atoms with van der Waals surface area (Å²) in [7, 11) is 0. The SMILES string of the molecule is CCCCCC(=O)N[C@H](C(=O)NCc1ccc(C(N)=O)cc1)c1ccccc1. The molecule has 0 fully saturated rings. The van der Waals surface area contributed by atoms with Gasteiger partial charge < -0.3 is 16.4 Å². The maximum absolute atomic E-state index is 12.8. The third-order valence-electron chi connectivity index (χ3n) is 4.41. The molecule has 6 nitrogen and oxygen atoms in total. The molecule has 6 heteroatoms. The van der Waals surface area contributed by atoms with Crippen molar-refractivity contribution in [2.45, 2.75) is 45.2 Å². The number of unbranched alkanes of at least 4 members (excludes halogenated alkanes) is 2. The van der Waals surface area contributed by atoms with Gasteiger partial charge in [-0.1, -0.05) is 62.2 Å². The van der Waals surface area contributed by atoms with Crippen LogP contribution in [0.2, 0.25) is 0 Å². The van der Waals surface area contributed by atoms with Crippen molar-refractivity contribution in [3.63, 3.8) is 0 Å². The van der Waals surface area contributed by atoms with Crippen LogP contribution in [0.4, 0.5) is 0 Å². The Labute approximate surface area is 165 Å². The molecule has 2 aromatic carbocycles. The Morgan fingerprint density at radius 3 is 2.25 bits per heavy atom. The van der Waals surface area contributed by atoms with E-state index >= 15 is 0 Å². The molecule has 0 saturated carbocycles. The molecule has 0 bridgehead atoms. The average Bonchev–Trinajstić information content (AvgIpc) is 2.71. The van der Waals surface area contributed by atoms with Gasteiger partial charge in [0.1, 0.15) is 6.04 Å². The van der Waals surface area contributed by atoms with E-state index in [1.165, 1.54) is 0 Å². The highest BCUT2D eigenvalue weighted by Gasteiger charge is 2.22. The highest BCUT2D eigenvalue weighted by molar-refractivity contribution is 5.92. The smallest absolute Gasteiger partial charge is 0.248 e. The number of hydrogen-bond acceptors (Lipinski definition) is 3. The number of nitrogens with two attached hydrogens (primary N) is 1. The van der Waals surface area contributed by atoms with Crippen molar-refractivity contribution >= 4 is 17.7 Å². The Hall–Kier alpha value is -3.15. The molecule has 0 spiro atoms. The molecule has 2 aromatic rings. The van der Waals surface area contributed by atoms with Gasteiger partial charge in [-0.25, -0.2) is 0 Å². The van der Waals surface area contributed by atoms with Gasteiger partial charge in [-0.05, 0) is 29.7 Å². The molecule has 4 N–H and O–H groups in total. The van der Waals surface area contributed by atoms with Crippen LogP contribution in [0.5, 0.6) is 0 Å². The van der Waals surface area contributed by atoms with Crippen LogP contribution >= 0.6 is 0 Å². The van der Waals surface area contributed by atoms with Crippen LogP contribution in [-0.2, 0) is 16.1 Å². The molecule has 3 amide bonds. The second-order valence-corrected chi connectivity index (χ2v) is 6.65. The van der Waals surface area contributed by atoms with Gasteiger partial charge in [0.15, 0.2) is 0 Å². The number of amides is 3. The summed E-state index contributed by atoms with van der Waals surface area (Å²) in [6.07, 6.45) is 3.22. The van der Waals surface area contributed by atoms with E-state index in [2.05, 4.69) is 17.6 Å². The molecular formula is C22H27N3O3. The highest BCUT2D eigenvalue weighted by atomic mass is 16.2. The number of carbonyl (C=O) groups excluding carboxylic acids is 3. The third-order valence-corrected chi connectivity index (χ3v) is 4.41. The summed E-state index contributed by atoms with van der Waals surface area (Å²) >= 11 is 0. The van der Waals surface area contributed by atoms with Crippen LogP contribution in [0, 0.1) is 0 Å². The van der Waals surface area contributed by atoms with Crippen LogP contribution in [-0.4, -0.2) is 17.7 Å². The zero-order valence-corrected chi connectivity index (χ0v) is 16.1. The lowest BCUT2D eigenvalue weighted by Gasteiger charge is -2.19. The lowest BCUT2D eigenvalue weighted by atomic mass is 10.1. The van der Waals surface area contributed by atoms with Gasteiger partial charge in [-0.15, -0.1) is 0 Å². The van der Waals surface area contributed by atoms with Gasteiger partial charge in [-0.3, -0.25) is 14.4 Å². The zero-order chi connectivity index (χ0) is 20.4. The molecule has 0 aliphatic carbocycles. The number of carbonyl (C=O) groups is 3. The molecule has 0 aromatic heterocycles. The van der Waals surface area contributed by atoms with E-state index in [1.807, 2.05) is 30.3 Å². The topological polar surface area (TPSA) is 101 Å². The van der Waals surface area contributed by atoms with Crippen molar-refractivity contribution in [3.8, 4) is 0 Å². The first-order chi connectivity index (χ1) is 13.5. The fourth-order valence-electron chi connectivity index (χ4n) is 2.79. The monoisotopic (exact) mass is 381 g/mol. The molecule has 0 radical (unpaired) electrons. The number of primary amides is 1. The van der Waals surface area contributed by atoms with E-state index < -0.39 is 11.9 Å². The van der Waals surface area contributed by atoms with Crippen molar-refractivity contribution in [3.05, 3.63) is 71.3 Å². The summed E-state index contributed by atoms with van der Waals surface area (Å²) < 4.78 is 0. The predicted molar refractivity (Wildman–Crippen MR) is 108 cm³/mol. The molecule has 0 aliphatic heterocycles. The second-order valence-electron chi connectivity index (χ2n) is 6.65. The molecule has 28 heavy (non-hydrogen) atoms. The summed E-state index contributed by atoms with van der Waals surface area (Å²) in [6.45, 7) is 2.36. The van der Waals surface area contributed by atoms with Crippen molar-refractivity contribution < 1.29 is 14.4 Å². The molecule has 0 aliphatic rings. The molecule has 1 atom stereocenters. The summed E-state index contributed by atoms with van der Waals surface area (Å²) in [4.78, 5) is 36.1. The largest absolute Gasteiger partial charge is 0.366 e. The zero-order valence-electron chi connectivity index (χ0n) is 16.1. The Morgan fingerprint density at radius 2 is 1.64 bits per heavy atom. The lowest BCUT2D eigenvalue weighted by molar-refractivity contribution is -0.129. The third kappa shape index (κ3) is 6.54. The van der Waals surface area contributed by atoms with Crippen LogP contribution in [0.1, 0.15) is 60.1 Å². The summed E-state index contributed by atoms with van der Waals surface area (Å²) in [6, 6.07) is 15.1. The first-order valence-corrected chi connectivity index (χ1v) is 9.52. The fourth-order valence-corrected chi connectivity index (χ4v) is 2.79. The van der Waals surface area contributed by atoms with E-state index in [0.717, 1.165) is 30.4 Å². The maximum Gasteiger partial charge on any atom is 0.248 e. The summed E-state index contributed by atoms with van der Waals surface area (Å²) in [5.74, 6) is -0.914. The van der Waals surface area contributed by atoms with E-state index in [1.54, 1.807) is 24.3 Å². The minimum Gasteiger partial charge on any atom is -0.366 e. The predicted octanol–water partition coefficient (Wildman–Crippen LogP) is 2.84. The number of nitrogens with one attached hydrogen (secondary N) is 2. The van der Waals surface area contributed by atoms with Crippen LogP contribution in [0.15, 0.2) is 54.6 Å². The van der Waals surface area contributed by atoms with Crippen LogP contribution in [0.3, 0.4) is 0 Å². The van der Waals surface area contributed by atoms with E-state index in [0.29, 0.717) is 12.0 Å². The van der Waals surface area contributed by atoms with Gasteiger partial charge in [0.25, 0.3) is 0 Å². The lowest BCUT2D eigenvalue weighted by Crippen LogP contribution is -2.40. The average molecular weight is 381 g/mol. The fraction of sp³-hybridized carbons (Fsp3) is 0.318. The minimum atomic E-state index is -0.750. The van der Waals surface area contributed by atoms with Crippen molar-refractivity contribution in [2.24, 2.45) is 5.73 Å². The molecule has 0 saturated heterocycles. The Balaban J connectivity index is 2.02. The highest BCUT2D eigenvalue weighted by Crippen LogP contribution is 2.14. The van der Waals surface area contributed by atoms with E-state index in [4.69, 9.17) is 5.73 Å². The number of rotatable bonds is 10. The standard InChI is InChI=1S/C22H27N3O3/c1-2-3-5-10-19(26)25-20(17-8-6-4-7-9-17)22(28)24-15-16-11-13-18(14-12-16)21(23)27/h4,6-9,11-14,20H,2-3,5,10,15H2,1H3,(H2,23,27)(H,24,28)(H,25,26)/t20-/m0/s1. The van der Waals surface area contributed by atoms with Crippen molar-refractivity contribution in [1.82, 2.24) is 10.6 Å². The van der Waals surface area contributed by atoms with Gasteiger partial charge >= 0.3 is 0 Å². The number of benzene rings is 2. The number of hydrogen-bond donors (Lipinski definition) is 3. The Kier molecular flexibility index (Phi) is 8.21. The second kappa shape index (κ2) is 10.9. The quantitative estimate of drug-likeness (QED) is 0.552. The van der Waals surface area contributed by atoms with Gasteiger partial charge in [-0.2, -0.15) is 0 Å². The summed E-state index contributed by atoms with van der Waals surface area (Å²) in [5, 5.41) is 5.69. The normalized spacial score (nSPS) is 11.5. The molecule has 0 heterocycles. The van der Waals surface area contributed by atoms with E-state index in [9.17, 15) is 14.4 Å². The first-order valence-electron chi connectivity index (χ1n) is 9.52.